The number of carbonyl (C=O) groups is 2. The Kier molecular flexibility index (Phi) is 4.42. The molecule has 0 unspecified atom stereocenters. The van der Waals surface area contributed by atoms with Crippen molar-refractivity contribution in [1.82, 2.24) is 0 Å². The molecule has 2 rings (SSSR count). The highest BCUT2D eigenvalue weighted by Gasteiger charge is 2.11. The maximum absolute atomic E-state index is 13.5. The minimum Gasteiger partial charge on any atom is -0.326 e. The number of rotatable bonds is 4. The van der Waals surface area contributed by atoms with Crippen molar-refractivity contribution in [3.8, 4) is 0 Å². The first kappa shape index (κ1) is 14.8. The first-order valence-corrected chi connectivity index (χ1v) is 6.30. The average Bonchev–Trinajstić information content (AvgIpc) is 2.42. The molecule has 0 aliphatic carbocycles. The van der Waals surface area contributed by atoms with Crippen LogP contribution in [0.15, 0.2) is 42.5 Å². The van der Waals surface area contributed by atoms with Gasteiger partial charge in [0.2, 0.25) is 5.91 Å². The number of hydrogen-bond donors (Lipinski definition) is 1. The number of ketones is 1. The standard InChI is InChI=1S/C16H13F2NO2/c1-10(20)19-14-6-3-11(4-7-14)16(21)8-12-2-5-13(17)9-15(12)18/h2-7,9H,8H2,1H3,(H,19,20). The maximum Gasteiger partial charge on any atom is 0.221 e. The molecule has 2 aromatic rings. The van der Waals surface area contributed by atoms with Crippen LogP contribution in [-0.4, -0.2) is 11.7 Å². The van der Waals surface area contributed by atoms with Gasteiger partial charge in [-0.05, 0) is 35.9 Å². The van der Waals surface area contributed by atoms with E-state index in [9.17, 15) is 18.4 Å². The number of halogens is 2. The SMILES string of the molecule is CC(=O)Nc1ccc(C(=O)Cc2ccc(F)cc2F)cc1. The monoisotopic (exact) mass is 289 g/mol. The van der Waals surface area contributed by atoms with Crippen molar-refractivity contribution < 1.29 is 18.4 Å². The van der Waals surface area contributed by atoms with Gasteiger partial charge in [-0.1, -0.05) is 6.07 Å². The molecule has 0 bridgehead atoms. The lowest BCUT2D eigenvalue weighted by Crippen LogP contribution is -2.08. The molecule has 0 spiro atoms. The van der Waals surface area contributed by atoms with Crippen molar-refractivity contribution >= 4 is 17.4 Å². The van der Waals surface area contributed by atoms with Crippen LogP contribution < -0.4 is 5.32 Å². The molecule has 1 N–H and O–H groups in total. The fraction of sp³-hybridized carbons (Fsp3) is 0.125. The Morgan fingerprint density at radius 1 is 1.05 bits per heavy atom. The molecule has 0 atom stereocenters. The second-order valence-electron chi connectivity index (χ2n) is 4.59. The molecule has 21 heavy (non-hydrogen) atoms. The van der Waals surface area contributed by atoms with Crippen molar-refractivity contribution in [1.29, 1.82) is 0 Å². The molecule has 0 radical (unpaired) electrons. The Bertz CT molecular complexity index is 681. The number of benzene rings is 2. The van der Waals surface area contributed by atoms with Crippen LogP contribution in [0.4, 0.5) is 14.5 Å². The van der Waals surface area contributed by atoms with E-state index in [1.54, 1.807) is 24.3 Å². The summed E-state index contributed by atoms with van der Waals surface area (Å²) < 4.78 is 26.3. The minimum atomic E-state index is -0.738. The van der Waals surface area contributed by atoms with E-state index in [2.05, 4.69) is 5.32 Å². The molecule has 0 fully saturated rings. The van der Waals surface area contributed by atoms with E-state index < -0.39 is 11.6 Å². The summed E-state index contributed by atoms with van der Waals surface area (Å²) in [7, 11) is 0. The van der Waals surface area contributed by atoms with Crippen LogP contribution in [0.25, 0.3) is 0 Å². The minimum absolute atomic E-state index is 0.146. The molecule has 0 aliphatic rings. The van der Waals surface area contributed by atoms with Crippen LogP contribution in [-0.2, 0) is 11.2 Å². The van der Waals surface area contributed by atoms with Crippen LogP contribution in [0.3, 0.4) is 0 Å². The quantitative estimate of drug-likeness (QED) is 0.877. The van der Waals surface area contributed by atoms with Gasteiger partial charge < -0.3 is 5.32 Å². The van der Waals surface area contributed by atoms with E-state index in [1.165, 1.54) is 13.0 Å². The summed E-state index contributed by atoms with van der Waals surface area (Å²) in [5, 5.41) is 2.58. The molecule has 108 valence electrons. The van der Waals surface area contributed by atoms with Gasteiger partial charge >= 0.3 is 0 Å². The maximum atomic E-state index is 13.5. The van der Waals surface area contributed by atoms with E-state index in [0.717, 1.165) is 12.1 Å². The van der Waals surface area contributed by atoms with Crippen molar-refractivity contribution in [2.75, 3.05) is 5.32 Å². The van der Waals surface area contributed by atoms with E-state index in [0.29, 0.717) is 11.3 Å². The first-order valence-electron chi connectivity index (χ1n) is 6.30. The summed E-state index contributed by atoms with van der Waals surface area (Å²) in [4.78, 5) is 22.9. The second kappa shape index (κ2) is 6.26. The lowest BCUT2D eigenvalue weighted by molar-refractivity contribution is -0.114. The number of hydrogen-bond acceptors (Lipinski definition) is 2. The number of amides is 1. The highest BCUT2D eigenvalue weighted by molar-refractivity contribution is 5.98. The summed E-state index contributed by atoms with van der Waals surface area (Å²) in [5.74, 6) is -1.90. The number of Topliss-reactive ketones (excluding diaryl/α,β-unsaturated/α-hetero) is 1. The Hall–Kier alpha value is -2.56. The van der Waals surface area contributed by atoms with Gasteiger partial charge in [0.25, 0.3) is 0 Å². The first-order chi connectivity index (χ1) is 9.95. The van der Waals surface area contributed by atoms with Gasteiger partial charge in [0.05, 0.1) is 0 Å². The van der Waals surface area contributed by atoms with Crippen molar-refractivity contribution in [3.05, 3.63) is 65.2 Å². The molecule has 0 saturated heterocycles. The van der Waals surface area contributed by atoms with Crippen LogP contribution in [0.5, 0.6) is 0 Å². The van der Waals surface area contributed by atoms with Crippen molar-refractivity contribution in [2.24, 2.45) is 0 Å². The highest BCUT2D eigenvalue weighted by atomic mass is 19.1. The zero-order valence-electron chi connectivity index (χ0n) is 11.3. The molecule has 0 aromatic heterocycles. The third kappa shape index (κ3) is 3.95. The van der Waals surface area contributed by atoms with Crippen LogP contribution in [0.2, 0.25) is 0 Å². The molecule has 0 aliphatic heterocycles. The lowest BCUT2D eigenvalue weighted by atomic mass is 10.0. The molecular weight excluding hydrogens is 276 g/mol. The van der Waals surface area contributed by atoms with Gasteiger partial charge in [0, 0.05) is 30.7 Å². The number of carbonyl (C=O) groups excluding carboxylic acids is 2. The summed E-state index contributed by atoms with van der Waals surface area (Å²) in [6.07, 6.45) is -0.147. The third-order valence-electron chi connectivity index (χ3n) is 2.89. The molecule has 0 heterocycles. The lowest BCUT2D eigenvalue weighted by Gasteiger charge is -2.05. The number of nitrogens with one attached hydrogen (secondary N) is 1. The smallest absolute Gasteiger partial charge is 0.221 e. The molecule has 0 saturated carbocycles. The van der Waals surface area contributed by atoms with Gasteiger partial charge in [-0.2, -0.15) is 0 Å². The van der Waals surface area contributed by atoms with E-state index in [1.807, 2.05) is 0 Å². The van der Waals surface area contributed by atoms with Gasteiger partial charge in [-0.15, -0.1) is 0 Å². The molecular formula is C16H13F2NO2. The van der Waals surface area contributed by atoms with Gasteiger partial charge in [-0.25, -0.2) is 8.78 Å². The van der Waals surface area contributed by atoms with Gasteiger partial charge in [0.15, 0.2) is 5.78 Å². The normalized spacial score (nSPS) is 10.2. The Morgan fingerprint density at radius 2 is 1.71 bits per heavy atom. The van der Waals surface area contributed by atoms with Gasteiger partial charge in [-0.3, -0.25) is 9.59 Å². The van der Waals surface area contributed by atoms with Crippen LogP contribution in [0.1, 0.15) is 22.8 Å². The predicted octanol–water partition coefficient (Wildman–Crippen LogP) is 3.35. The summed E-state index contributed by atoms with van der Waals surface area (Å²) in [6.45, 7) is 1.39. The number of anilines is 1. The Morgan fingerprint density at radius 3 is 2.29 bits per heavy atom. The van der Waals surface area contributed by atoms with E-state index in [4.69, 9.17) is 0 Å². The average molecular weight is 289 g/mol. The molecule has 3 nitrogen and oxygen atoms in total. The fourth-order valence-corrected chi connectivity index (χ4v) is 1.88. The third-order valence-corrected chi connectivity index (χ3v) is 2.89. The Balaban J connectivity index is 2.11. The molecule has 1 amide bonds. The Labute approximate surface area is 120 Å². The topological polar surface area (TPSA) is 46.2 Å². The highest BCUT2D eigenvalue weighted by Crippen LogP contribution is 2.15. The largest absolute Gasteiger partial charge is 0.326 e. The van der Waals surface area contributed by atoms with Crippen LogP contribution in [0, 0.1) is 11.6 Å². The van der Waals surface area contributed by atoms with E-state index >= 15 is 0 Å². The summed E-state index contributed by atoms with van der Waals surface area (Å²) in [5.41, 5.74) is 1.12. The second-order valence-corrected chi connectivity index (χ2v) is 4.59. The zero-order chi connectivity index (χ0) is 15.4. The van der Waals surface area contributed by atoms with Crippen molar-refractivity contribution in [3.63, 3.8) is 0 Å². The summed E-state index contributed by atoms with van der Waals surface area (Å²) >= 11 is 0. The zero-order valence-corrected chi connectivity index (χ0v) is 11.3. The summed E-state index contributed by atoms with van der Waals surface area (Å²) in [6, 6.07) is 9.41. The van der Waals surface area contributed by atoms with Crippen LogP contribution >= 0.6 is 0 Å². The van der Waals surface area contributed by atoms with Crippen molar-refractivity contribution in [2.45, 2.75) is 13.3 Å². The fourth-order valence-electron chi connectivity index (χ4n) is 1.88. The molecule has 5 heteroatoms. The predicted molar refractivity (Wildman–Crippen MR) is 75.1 cm³/mol. The van der Waals surface area contributed by atoms with Gasteiger partial charge in [0.1, 0.15) is 11.6 Å². The van der Waals surface area contributed by atoms with E-state index in [-0.39, 0.29) is 23.7 Å². The molecule has 2 aromatic carbocycles.